The molecule has 0 saturated heterocycles. The van der Waals surface area contributed by atoms with E-state index in [4.69, 9.17) is 26.6 Å². The topological polar surface area (TPSA) is 167 Å². The second-order valence-electron chi connectivity index (χ2n) is 18.7. The summed E-state index contributed by atoms with van der Waals surface area (Å²) in [6, 6.07) is 23.9. The summed E-state index contributed by atoms with van der Waals surface area (Å²) >= 11 is 3.85. The fourth-order valence-electron chi connectivity index (χ4n) is 9.90. The molecule has 2 aliphatic heterocycles. The number of aromatic nitrogens is 8. The van der Waals surface area contributed by atoms with E-state index in [1.807, 2.05) is 87.6 Å². The Labute approximate surface area is 420 Å². The van der Waals surface area contributed by atoms with Gasteiger partial charge in [-0.3, -0.25) is 14.6 Å². The molecule has 0 spiro atoms. The Hall–Kier alpha value is -5.99. The van der Waals surface area contributed by atoms with Crippen molar-refractivity contribution in [3.63, 3.8) is 0 Å². The molecular formula is C56H65ClN10O2Sn. The maximum absolute atomic E-state index is 12.1. The molecule has 8 heterocycles. The molecule has 362 valence electrons. The molecule has 10 rings (SSSR count). The molecule has 0 atom stereocenters. The molecule has 6 aromatic heterocycles. The molecule has 0 radical (unpaired) electrons. The first-order valence-electron chi connectivity index (χ1n) is 25.0. The number of carbonyl (C=O) groups is 2. The number of nitrogens with one attached hydrogen (secondary N) is 4. The molecular weight excluding hydrogens is 999 g/mol. The van der Waals surface area contributed by atoms with Crippen molar-refractivity contribution in [3.05, 3.63) is 135 Å². The number of hydrogen-bond donors (Lipinski definition) is 4. The number of H-pyrrole nitrogens is 2. The van der Waals surface area contributed by atoms with Gasteiger partial charge in [-0.15, -0.1) is 0 Å². The van der Waals surface area contributed by atoms with E-state index in [2.05, 4.69) is 75.4 Å². The molecule has 2 aromatic carbocycles. The average Bonchev–Trinajstić information content (AvgIpc) is 4.02. The van der Waals surface area contributed by atoms with Crippen molar-refractivity contribution < 1.29 is 9.59 Å². The van der Waals surface area contributed by atoms with Crippen molar-refractivity contribution in [2.75, 3.05) is 13.1 Å². The number of unbranched alkanes of at least 4 members (excludes halogenated alkanes) is 3. The van der Waals surface area contributed by atoms with Gasteiger partial charge in [0.15, 0.2) is 5.15 Å². The molecule has 70 heavy (non-hydrogen) atoms. The first kappa shape index (κ1) is 50.4. The molecule has 0 aliphatic carbocycles. The van der Waals surface area contributed by atoms with Crippen LogP contribution in [0.5, 0.6) is 0 Å². The molecule has 0 fully saturated rings. The van der Waals surface area contributed by atoms with Gasteiger partial charge in [0.25, 0.3) is 11.8 Å². The van der Waals surface area contributed by atoms with Gasteiger partial charge in [-0.05, 0) is 56.7 Å². The number of rotatable bonds is 13. The Morgan fingerprint density at radius 2 is 1.06 bits per heavy atom. The van der Waals surface area contributed by atoms with E-state index in [0.717, 1.165) is 91.5 Å². The van der Waals surface area contributed by atoms with Gasteiger partial charge in [-0.25, -0.2) is 19.9 Å². The molecule has 12 nitrogen and oxygen atoms in total. The van der Waals surface area contributed by atoms with Crippen LogP contribution in [0, 0.1) is 27.7 Å². The maximum Gasteiger partial charge on any atom is 0.253 e. The average molecular weight is 1060 g/mol. The van der Waals surface area contributed by atoms with Gasteiger partial charge in [0.1, 0.15) is 5.69 Å². The summed E-state index contributed by atoms with van der Waals surface area (Å²) < 4.78 is 6.15. The minimum atomic E-state index is -2.27. The largest absolute Gasteiger partial charge is 0.358 e. The normalized spacial score (nSPS) is 13.1. The summed E-state index contributed by atoms with van der Waals surface area (Å²) in [7, 11) is 0. The number of para-hydroxylation sites is 2. The van der Waals surface area contributed by atoms with E-state index >= 15 is 0 Å². The fraction of sp³-hybridized carbons (Fsp3) is 0.357. The number of aromatic amines is 2. The quantitative estimate of drug-likeness (QED) is 0.0828. The monoisotopic (exact) mass is 1060 g/mol. The van der Waals surface area contributed by atoms with Crippen LogP contribution in [0.1, 0.15) is 114 Å². The van der Waals surface area contributed by atoms with Crippen LogP contribution in [-0.2, 0) is 12.8 Å². The van der Waals surface area contributed by atoms with Crippen molar-refractivity contribution in [1.29, 1.82) is 0 Å². The zero-order chi connectivity index (χ0) is 49.4. The van der Waals surface area contributed by atoms with E-state index in [1.54, 1.807) is 9.91 Å². The smallest absolute Gasteiger partial charge is 0.253 e. The first-order valence-corrected chi connectivity index (χ1v) is 32.9. The number of nitrogens with zero attached hydrogens (tertiary/aromatic N) is 6. The van der Waals surface area contributed by atoms with E-state index in [0.29, 0.717) is 35.1 Å². The number of halogens is 1. The fourth-order valence-corrected chi connectivity index (χ4v) is 26.6. The maximum atomic E-state index is 12.1. The summed E-state index contributed by atoms with van der Waals surface area (Å²) in [4.78, 5) is 58.9. The van der Waals surface area contributed by atoms with Crippen LogP contribution in [0.15, 0.2) is 85.2 Å². The van der Waals surface area contributed by atoms with Crippen molar-refractivity contribution in [1.82, 2.24) is 50.5 Å². The van der Waals surface area contributed by atoms with Crippen LogP contribution in [-0.4, -0.2) is 83.2 Å². The number of fused-ring (bicyclic) bond motifs is 4. The van der Waals surface area contributed by atoms with Gasteiger partial charge in [-0.1, -0.05) is 41.9 Å². The summed E-state index contributed by atoms with van der Waals surface area (Å²) in [6.07, 6.45) is 13.7. The molecule has 0 unspecified atom stereocenters. The van der Waals surface area contributed by atoms with E-state index < -0.39 is 18.4 Å². The summed E-state index contributed by atoms with van der Waals surface area (Å²) in [6.45, 7) is 16.4. The molecule has 2 amide bonds. The van der Waals surface area contributed by atoms with E-state index in [9.17, 15) is 9.59 Å². The summed E-state index contributed by atoms with van der Waals surface area (Å²) in [5, 5.41) is 6.14. The molecule has 8 aromatic rings. The van der Waals surface area contributed by atoms with Crippen LogP contribution >= 0.6 is 11.6 Å². The van der Waals surface area contributed by atoms with Crippen molar-refractivity contribution in [2.24, 2.45) is 0 Å². The number of pyridine rings is 2. The molecule has 2 aliphatic rings. The van der Waals surface area contributed by atoms with Gasteiger partial charge in [0.2, 0.25) is 0 Å². The van der Waals surface area contributed by atoms with Crippen LogP contribution < -0.4 is 14.3 Å². The van der Waals surface area contributed by atoms with E-state index in [-0.39, 0.29) is 11.8 Å². The summed E-state index contributed by atoms with van der Waals surface area (Å²) in [5.74, 6) is -0.0698. The summed E-state index contributed by atoms with van der Waals surface area (Å²) in [5.41, 5.74) is 15.8. The first-order chi connectivity index (χ1) is 33.9. The van der Waals surface area contributed by atoms with Crippen LogP contribution in [0.4, 0.5) is 0 Å². The minimum absolute atomic E-state index is 0.0317. The second-order valence-corrected chi connectivity index (χ2v) is 32.0. The Balaban J connectivity index is 0.000000144. The van der Waals surface area contributed by atoms with Gasteiger partial charge < -0.3 is 20.6 Å². The zero-order valence-corrected chi connectivity index (χ0v) is 45.3. The number of amides is 2. The molecule has 0 saturated carbocycles. The zero-order valence-electron chi connectivity index (χ0n) is 41.7. The second kappa shape index (κ2) is 22.8. The van der Waals surface area contributed by atoms with E-state index in [1.165, 1.54) is 57.4 Å². The Morgan fingerprint density at radius 3 is 1.56 bits per heavy atom. The van der Waals surface area contributed by atoms with Crippen LogP contribution in [0.3, 0.4) is 0 Å². The number of benzene rings is 2. The Bertz CT molecular complexity index is 3140. The van der Waals surface area contributed by atoms with Crippen molar-refractivity contribution in [2.45, 2.75) is 113 Å². The molecule has 4 N–H and O–H groups in total. The number of aryl methyl sites for hydroxylation is 4. The predicted octanol–water partition coefficient (Wildman–Crippen LogP) is 11.9. The van der Waals surface area contributed by atoms with Crippen LogP contribution in [0.2, 0.25) is 18.5 Å². The number of carbonyl (C=O) groups excluding carboxylic acids is 2. The predicted molar refractivity (Wildman–Crippen MR) is 287 cm³/mol. The Morgan fingerprint density at radius 1 is 0.557 bits per heavy atom. The number of hydrogen-bond acceptors (Lipinski definition) is 8. The third-order valence-electron chi connectivity index (χ3n) is 13.6. The SMILES string of the molecule is CCC[CH2][Sn]([CH2]CCC)([CH2]CCC)[c]1ncccc1C.Cc1cccnc1-c1nc2c(-c3cc4c([nH]3)CCNC4=O)cccc2nc1C.Cc1nc2cccc(-c3cc4c([nH]3)CCNC4=O)c2nc1Cl. The van der Waals surface area contributed by atoms with Crippen molar-refractivity contribution >= 4 is 67.6 Å². The van der Waals surface area contributed by atoms with Gasteiger partial charge in [0.05, 0.1) is 50.3 Å². The third-order valence-corrected chi connectivity index (χ3v) is 29.6. The van der Waals surface area contributed by atoms with Gasteiger partial charge in [-0.2, -0.15) is 0 Å². The third kappa shape index (κ3) is 11.0. The van der Waals surface area contributed by atoms with Crippen LogP contribution in [0.25, 0.3) is 56.0 Å². The standard InChI is InChI=1S/C22H19N5O.C16H13ClN4O.C6H6N.3C4H9.Sn/c1-12-5-4-9-23-19(12)20-13(2)25-17-7-3-6-14(21(17)27-20)18-11-15-16(26-18)8-10-24-22(15)28;1-8-15(17)21-14-9(3-2-4-12(14)19-8)13-7-10-11(20-13)5-6-18-16(10)22;1-6-3-2-4-7-5-6;3*1-3-4-2;/h3-7,9,11,26H,8,10H2,1-2H3,(H,24,28);2-4,7,20H,5-6H2,1H3,(H,18,22);2-4H,1H3;3*1,3-4H2,2H3;. The molecule has 0 bridgehead atoms. The van der Waals surface area contributed by atoms with Crippen molar-refractivity contribution in [3.8, 4) is 33.9 Å². The molecule has 14 heteroatoms. The Kier molecular flexibility index (Phi) is 16.4. The van der Waals surface area contributed by atoms with Gasteiger partial charge >= 0.3 is 130 Å². The minimum Gasteiger partial charge on any atom is -0.358 e. The van der Waals surface area contributed by atoms with Gasteiger partial charge in [0, 0.05) is 66.0 Å².